The van der Waals surface area contributed by atoms with Gasteiger partial charge in [-0.2, -0.15) is 0 Å². The van der Waals surface area contributed by atoms with Crippen molar-refractivity contribution in [3.63, 3.8) is 0 Å². The zero-order valence-corrected chi connectivity index (χ0v) is 8.51. The van der Waals surface area contributed by atoms with Gasteiger partial charge in [0.05, 0.1) is 6.61 Å². The van der Waals surface area contributed by atoms with Gasteiger partial charge in [-0.3, -0.25) is 4.79 Å². The van der Waals surface area contributed by atoms with Crippen LogP contribution in [0.4, 0.5) is 0 Å². The average Bonchev–Trinajstić information content (AvgIpc) is 2.16. The normalized spacial score (nSPS) is 26.8. The van der Waals surface area contributed by atoms with Crippen molar-refractivity contribution < 1.29 is 14.3 Å². The number of hydrogen-bond acceptors (Lipinski definition) is 3. The quantitative estimate of drug-likeness (QED) is 0.512. The standard InChI is InChI=1S/C8H13BrO3/c9-5-7-6-11-4-2-1-3-8(10)12-7/h7H,1-6H2. The minimum absolute atomic E-state index is 0.107. The molecule has 0 spiro atoms. The van der Waals surface area contributed by atoms with Crippen LogP contribution in [0.15, 0.2) is 0 Å². The van der Waals surface area contributed by atoms with E-state index >= 15 is 0 Å². The van der Waals surface area contributed by atoms with E-state index in [1.165, 1.54) is 0 Å². The molecular weight excluding hydrogens is 224 g/mol. The van der Waals surface area contributed by atoms with Crippen molar-refractivity contribution >= 4 is 21.9 Å². The number of halogens is 1. The summed E-state index contributed by atoms with van der Waals surface area (Å²) >= 11 is 3.27. The molecule has 12 heavy (non-hydrogen) atoms. The predicted molar refractivity (Wildman–Crippen MR) is 48.3 cm³/mol. The average molecular weight is 237 g/mol. The van der Waals surface area contributed by atoms with Gasteiger partial charge >= 0.3 is 5.97 Å². The lowest BCUT2D eigenvalue weighted by Gasteiger charge is -2.13. The van der Waals surface area contributed by atoms with Crippen LogP contribution in [0.1, 0.15) is 19.3 Å². The summed E-state index contributed by atoms with van der Waals surface area (Å²) in [5.74, 6) is -0.107. The van der Waals surface area contributed by atoms with Crippen molar-refractivity contribution in [1.82, 2.24) is 0 Å². The number of rotatable bonds is 1. The molecule has 1 saturated heterocycles. The molecular formula is C8H13BrO3. The molecule has 0 aliphatic carbocycles. The van der Waals surface area contributed by atoms with Crippen LogP contribution < -0.4 is 0 Å². The third-order valence-corrected chi connectivity index (χ3v) is 2.42. The third-order valence-electron chi connectivity index (χ3n) is 1.69. The Morgan fingerprint density at radius 2 is 2.33 bits per heavy atom. The topological polar surface area (TPSA) is 35.5 Å². The maximum absolute atomic E-state index is 11.1. The predicted octanol–water partition coefficient (Wildman–Crippen LogP) is 1.49. The smallest absolute Gasteiger partial charge is 0.306 e. The van der Waals surface area contributed by atoms with Crippen molar-refractivity contribution in [2.24, 2.45) is 0 Å². The summed E-state index contributed by atoms with van der Waals surface area (Å²) in [5, 5.41) is 0.652. The fourth-order valence-corrected chi connectivity index (χ4v) is 1.36. The summed E-state index contributed by atoms with van der Waals surface area (Å²) in [6.45, 7) is 1.25. The first kappa shape index (κ1) is 9.99. The summed E-state index contributed by atoms with van der Waals surface area (Å²) in [6.07, 6.45) is 2.22. The lowest BCUT2D eigenvalue weighted by atomic mass is 10.2. The van der Waals surface area contributed by atoms with Gasteiger partial charge < -0.3 is 9.47 Å². The minimum atomic E-state index is -0.115. The first-order chi connectivity index (χ1) is 5.83. The van der Waals surface area contributed by atoms with E-state index in [-0.39, 0.29) is 12.1 Å². The van der Waals surface area contributed by atoms with E-state index < -0.39 is 0 Å². The molecule has 1 atom stereocenters. The van der Waals surface area contributed by atoms with Crippen LogP contribution in [0.2, 0.25) is 0 Å². The summed E-state index contributed by atoms with van der Waals surface area (Å²) in [4.78, 5) is 11.1. The van der Waals surface area contributed by atoms with Gasteiger partial charge in [0.1, 0.15) is 6.10 Å². The molecule has 0 aromatic heterocycles. The van der Waals surface area contributed by atoms with E-state index in [1.807, 2.05) is 0 Å². The molecule has 3 nitrogen and oxygen atoms in total. The zero-order valence-electron chi connectivity index (χ0n) is 6.92. The summed E-state index contributed by atoms with van der Waals surface area (Å²) < 4.78 is 10.4. The first-order valence-corrected chi connectivity index (χ1v) is 5.28. The van der Waals surface area contributed by atoms with Gasteiger partial charge in [-0.15, -0.1) is 0 Å². The summed E-state index contributed by atoms with van der Waals surface area (Å²) in [7, 11) is 0. The number of ether oxygens (including phenoxy) is 2. The highest BCUT2D eigenvalue weighted by molar-refractivity contribution is 9.09. The van der Waals surface area contributed by atoms with Crippen LogP contribution in [-0.4, -0.2) is 30.6 Å². The van der Waals surface area contributed by atoms with Crippen LogP contribution in [-0.2, 0) is 14.3 Å². The fraction of sp³-hybridized carbons (Fsp3) is 0.875. The van der Waals surface area contributed by atoms with E-state index in [1.54, 1.807) is 0 Å². The molecule has 1 heterocycles. The molecule has 0 N–H and O–H groups in total. The molecule has 0 amide bonds. The Morgan fingerprint density at radius 1 is 1.50 bits per heavy atom. The van der Waals surface area contributed by atoms with Gasteiger partial charge in [-0.1, -0.05) is 15.9 Å². The maximum Gasteiger partial charge on any atom is 0.306 e. The molecule has 0 saturated carbocycles. The number of carbonyl (C=O) groups excluding carboxylic acids is 1. The zero-order chi connectivity index (χ0) is 8.81. The third kappa shape index (κ3) is 3.54. The first-order valence-electron chi connectivity index (χ1n) is 4.16. The van der Waals surface area contributed by atoms with Crippen LogP contribution in [0, 0.1) is 0 Å². The van der Waals surface area contributed by atoms with Gasteiger partial charge in [0, 0.05) is 18.4 Å². The Balaban J connectivity index is 2.37. The van der Waals surface area contributed by atoms with Crippen molar-refractivity contribution in [1.29, 1.82) is 0 Å². The van der Waals surface area contributed by atoms with Gasteiger partial charge in [0.15, 0.2) is 0 Å². The van der Waals surface area contributed by atoms with Gasteiger partial charge in [0.2, 0.25) is 0 Å². The highest BCUT2D eigenvalue weighted by Crippen LogP contribution is 2.07. The molecule has 4 heteroatoms. The van der Waals surface area contributed by atoms with E-state index in [0.29, 0.717) is 18.4 Å². The Morgan fingerprint density at radius 3 is 3.08 bits per heavy atom. The molecule has 1 aliphatic rings. The van der Waals surface area contributed by atoms with Gasteiger partial charge in [-0.05, 0) is 12.8 Å². The number of carbonyl (C=O) groups is 1. The Bertz CT molecular complexity index is 149. The SMILES string of the molecule is O=C1CCCCOCC(CBr)O1. The Hall–Kier alpha value is -0.0900. The van der Waals surface area contributed by atoms with E-state index in [2.05, 4.69) is 15.9 Å². The van der Waals surface area contributed by atoms with E-state index in [9.17, 15) is 4.79 Å². The van der Waals surface area contributed by atoms with Crippen LogP contribution in [0.5, 0.6) is 0 Å². The number of hydrogen-bond donors (Lipinski definition) is 0. The minimum Gasteiger partial charge on any atom is -0.459 e. The molecule has 1 aliphatic heterocycles. The van der Waals surface area contributed by atoms with Crippen molar-refractivity contribution in [3.8, 4) is 0 Å². The lowest BCUT2D eigenvalue weighted by Crippen LogP contribution is -2.24. The van der Waals surface area contributed by atoms with E-state index in [0.717, 1.165) is 19.4 Å². The largest absolute Gasteiger partial charge is 0.459 e. The van der Waals surface area contributed by atoms with Crippen LogP contribution >= 0.6 is 15.9 Å². The summed E-state index contributed by atoms with van der Waals surface area (Å²) in [5.41, 5.74) is 0. The number of cyclic esters (lactones) is 1. The fourth-order valence-electron chi connectivity index (χ4n) is 1.04. The second-order valence-corrected chi connectivity index (χ2v) is 3.45. The molecule has 1 fully saturated rings. The van der Waals surface area contributed by atoms with Crippen LogP contribution in [0.3, 0.4) is 0 Å². The molecule has 1 rings (SSSR count). The number of esters is 1. The van der Waals surface area contributed by atoms with Crippen molar-refractivity contribution in [3.05, 3.63) is 0 Å². The monoisotopic (exact) mass is 236 g/mol. The van der Waals surface area contributed by atoms with Crippen molar-refractivity contribution in [2.75, 3.05) is 18.5 Å². The molecule has 70 valence electrons. The lowest BCUT2D eigenvalue weighted by molar-refractivity contribution is -0.149. The molecule has 0 radical (unpaired) electrons. The van der Waals surface area contributed by atoms with E-state index in [4.69, 9.17) is 9.47 Å². The maximum atomic E-state index is 11.1. The molecule has 0 aromatic carbocycles. The Kier molecular flexibility index (Phi) is 4.61. The van der Waals surface area contributed by atoms with Crippen LogP contribution in [0.25, 0.3) is 0 Å². The molecule has 0 aromatic rings. The van der Waals surface area contributed by atoms with Crippen molar-refractivity contribution in [2.45, 2.75) is 25.4 Å². The Labute approximate surface area is 80.5 Å². The summed E-state index contributed by atoms with van der Waals surface area (Å²) in [6, 6.07) is 0. The molecule has 1 unspecified atom stereocenters. The van der Waals surface area contributed by atoms with Gasteiger partial charge in [0.25, 0.3) is 0 Å². The second-order valence-electron chi connectivity index (χ2n) is 2.80. The van der Waals surface area contributed by atoms with Gasteiger partial charge in [-0.25, -0.2) is 0 Å². The highest BCUT2D eigenvalue weighted by Gasteiger charge is 2.14. The number of alkyl halides is 1. The highest BCUT2D eigenvalue weighted by atomic mass is 79.9. The second kappa shape index (κ2) is 5.54. The molecule has 0 bridgehead atoms.